The molecule has 1 aromatic carbocycles. The average molecular weight is 283 g/mol. The van der Waals surface area contributed by atoms with Gasteiger partial charge in [-0.3, -0.25) is 9.69 Å². The molecule has 0 aliphatic carbocycles. The first-order chi connectivity index (χ1) is 9.06. The smallest absolute Gasteiger partial charge is 0.238 e. The fraction of sp³-hybridized carbons (Fsp3) is 0.500. The first-order valence-electron chi connectivity index (χ1n) is 6.51. The number of benzene rings is 1. The number of rotatable bonds is 3. The van der Waals surface area contributed by atoms with Crippen molar-refractivity contribution in [3.8, 4) is 0 Å². The minimum Gasteiger partial charge on any atom is -0.393 e. The van der Waals surface area contributed by atoms with Crippen LogP contribution in [0.4, 0.5) is 5.69 Å². The second-order valence-electron chi connectivity index (χ2n) is 5.10. The second-order valence-corrected chi connectivity index (χ2v) is 5.50. The lowest BCUT2D eigenvalue weighted by molar-refractivity contribution is -0.118. The van der Waals surface area contributed by atoms with Crippen molar-refractivity contribution >= 4 is 23.2 Å². The van der Waals surface area contributed by atoms with E-state index in [2.05, 4.69) is 10.2 Å². The van der Waals surface area contributed by atoms with Crippen molar-refractivity contribution in [1.29, 1.82) is 0 Å². The highest BCUT2D eigenvalue weighted by Gasteiger charge is 2.25. The first-order valence-corrected chi connectivity index (χ1v) is 6.89. The van der Waals surface area contributed by atoms with Gasteiger partial charge in [0.1, 0.15) is 0 Å². The van der Waals surface area contributed by atoms with Gasteiger partial charge in [-0.1, -0.05) is 30.7 Å². The number of halogens is 1. The number of carbonyl (C=O) groups is 1. The first kappa shape index (κ1) is 14.3. The highest BCUT2D eigenvalue weighted by molar-refractivity contribution is 6.33. The Morgan fingerprint density at radius 1 is 1.53 bits per heavy atom. The fourth-order valence-electron chi connectivity index (χ4n) is 2.32. The lowest BCUT2D eigenvalue weighted by Crippen LogP contribution is -2.45. The molecule has 1 aliphatic heterocycles. The second kappa shape index (κ2) is 6.37. The van der Waals surface area contributed by atoms with Crippen LogP contribution in [-0.2, 0) is 4.79 Å². The molecule has 19 heavy (non-hydrogen) atoms. The van der Waals surface area contributed by atoms with Crippen molar-refractivity contribution in [3.63, 3.8) is 0 Å². The molecule has 4 nitrogen and oxygen atoms in total. The van der Waals surface area contributed by atoms with Crippen molar-refractivity contribution in [2.45, 2.75) is 19.4 Å². The third kappa shape index (κ3) is 3.93. The normalized spacial score (nSPS) is 24.2. The Balaban J connectivity index is 1.87. The molecular weight excluding hydrogens is 264 g/mol. The van der Waals surface area contributed by atoms with Gasteiger partial charge in [0.2, 0.25) is 5.91 Å². The molecule has 1 heterocycles. The van der Waals surface area contributed by atoms with Gasteiger partial charge >= 0.3 is 0 Å². The van der Waals surface area contributed by atoms with Crippen LogP contribution in [0.2, 0.25) is 5.02 Å². The summed E-state index contributed by atoms with van der Waals surface area (Å²) in [6.45, 7) is 3.84. The number of carbonyl (C=O) groups excluding carboxylic acids is 1. The Morgan fingerprint density at radius 3 is 2.95 bits per heavy atom. The molecule has 104 valence electrons. The van der Waals surface area contributed by atoms with Gasteiger partial charge in [0.05, 0.1) is 23.4 Å². The van der Waals surface area contributed by atoms with Crippen molar-refractivity contribution in [3.05, 3.63) is 29.3 Å². The molecule has 1 aliphatic rings. The van der Waals surface area contributed by atoms with Crippen molar-refractivity contribution < 1.29 is 9.90 Å². The van der Waals surface area contributed by atoms with Crippen molar-refractivity contribution in [1.82, 2.24) is 4.90 Å². The van der Waals surface area contributed by atoms with E-state index in [1.165, 1.54) is 0 Å². The van der Waals surface area contributed by atoms with Crippen LogP contribution in [0.1, 0.15) is 13.3 Å². The number of hydrogen-bond donors (Lipinski definition) is 2. The van der Waals surface area contributed by atoms with Crippen LogP contribution in [-0.4, -0.2) is 41.7 Å². The summed E-state index contributed by atoms with van der Waals surface area (Å²) in [6, 6.07) is 7.19. The monoisotopic (exact) mass is 282 g/mol. The van der Waals surface area contributed by atoms with Gasteiger partial charge in [0, 0.05) is 13.1 Å². The quantitative estimate of drug-likeness (QED) is 0.891. The highest BCUT2D eigenvalue weighted by atomic mass is 35.5. The maximum absolute atomic E-state index is 11.9. The maximum atomic E-state index is 11.9. The van der Waals surface area contributed by atoms with Crippen LogP contribution in [0.3, 0.4) is 0 Å². The van der Waals surface area contributed by atoms with E-state index in [0.29, 0.717) is 17.3 Å². The summed E-state index contributed by atoms with van der Waals surface area (Å²) in [6.07, 6.45) is 0.475. The van der Waals surface area contributed by atoms with Gasteiger partial charge in [0.25, 0.3) is 0 Å². The minimum absolute atomic E-state index is 0.0725. The molecule has 1 saturated heterocycles. The summed E-state index contributed by atoms with van der Waals surface area (Å²) in [4.78, 5) is 14.0. The van der Waals surface area contributed by atoms with Crippen LogP contribution in [0, 0.1) is 5.92 Å². The van der Waals surface area contributed by atoms with E-state index >= 15 is 0 Å². The number of hydrogen-bond acceptors (Lipinski definition) is 3. The molecule has 0 spiro atoms. The largest absolute Gasteiger partial charge is 0.393 e. The number of anilines is 1. The predicted molar refractivity (Wildman–Crippen MR) is 76.3 cm³/mol. The van der Waals surface area contributed by atoms with Gasteiger partial charge in [-0.2, -0.15) is 0 Å². The van der Waals surface area contributed by atoms with Crippen LogP contribution in [0.15, 0.2) is 24.3 Å². The summed E-state index contributed by atoms with van der Waals surface area (Å²) < 4.78 is 0. The van der Waals surface area contributed by atoms with E-state index in [1.807, 2.05) is 19.1 Å². The number of aliphatic hydroxyl groups is 1. The Kier molecular flexibility index (Phi) is 4.80. The van der Waals surface area contributed by atoms with E-state index in [-0.39, 0.29) is 17.9 Å². The molecule has 1 aromatic rings. The van der Waals surface area contributed by atoms with Crippen molar-refractivity contribution in [2.24, 2.45) is 5.92 Å². The summed E-state index contributed by atoms with van der Waals surface area (Å²) in [5, 5.41) is 13.0. The van der Waals surface area contributed by atoms with Crippen LogP contribution >= 0.6 is 11.6 Å². The lowest BCUT2D eigenvalue weighted by atomic mass is 9.97. The van der Waals surface area contributed by atoms with E-state index in [0.717, 1.165) is 19.5 Å². The SMILES string of the molecule is CC1CN(CC(=O)Nc2ccccc2Cl)CCC1O. The number of nitrogens with zero attached hydrogens (tertiary/aromatic N) is 1. The zero-order valence-electron chi connectivity index (χ0n) is 11.0. The highest BCUT2D eigenvalue weighted by Crippen LogP contribution is 2.21. The van der Waals surface area contributed by atoms with Gasteiger partial charge < -0.3 is 10.4 Å². The number of piperidine rings is 1. The molecule has 0 aromatic heterocycles. The van der Waals surface area contributed by atoms with Crippen LogP contribution < -0.4 is 5.32 Å². The van der Waals surface area contributed by atoms with Gasteiger partial charge in [-0.25, -0.2) is 0 Å². The maximum Gasteiger partial charge on any atom is 0.238 e. The molecule has 2 unspecified atom stereocenters. The van der Waals surface area contributed by atoms with Crippen molar-refractivity contribution in [2.75, 3.05) is 25.0 Å². The molecule has 5 heteroatoms. The van der Waals surface area contributed by atoms with E-state index in [9.17, 15) is 9.90 Å². The number of likely N-dealkylation sites (tertiary alicyclic amines) is 1. The predicted octanol–water partition coefficient (Wildman–Crippen LogP) is 1.98. The number of para-hydroxylation sites is 1. The van der Waals surface area contributed by atoms with E-state index in [4.69, 9.17) is 11.6 Å². The molecule has 0 bridgehead atoms. The molecule has 2 rings (SSSR count). The zero-order valence-corrected chi connectivity index (χ0v) is 11.7. The lowest BCUT2D eigenvalue weighted by Gasteiger charge is -2.33. The van der Waals surface area contributed by atoms with Gasteiger partial charge in [-0.05, 0) is 24.5 Å². The topological polar surface area (TPSA) is 52.6 Å². The Labute approximate surface area is 118 Å². The van der Waals surface area contributed by atoms with E-state index < -0.39 is 0 Å². The Morgan fingerprint density at radius 2 is 2.26 bits per heavy atom. The third-order valence-corrected chi connectivity index (χ3v) is 3.79. The minimum atomic E-state index is -0.247. The fourth-order valence-corrected chi connectivity index (χ4v) is 2.50. The van der Waals surface area contributed by atoms with Gasteiger partial charge in [0.15, 0.2) is 0 Å². The van der Waals surface area contributed by atoms with Crippen LogP contribution in [0.5, 0.6) is 0 Å². The Hall–Kier alpha value is -1.10. The Bertz CT molecular complexity index is 453. The zero-order chi connectivity index (χ0) is 13.8. The summed E-state index contributed by atoms with van der Waals surface area (Å²) in [5.41, 5.74) is 0.638. The molecule has 2 atom stereocenters. The number of aliphatic hydroxyl groups excluding tert-OH is 1. The third-order valence-electron chi connectivity index (χ3n) is 3.46. The summed E-state index contributed by atoms with van der Waals surface area (Å²) in [5.74, 6) is 0.138. The summed E-state index contributed by atoms with van der Waals surface area (Å²) >= 11 is 5.99. The average Bonchev–Trinajstić information content (AvgIpc) is 2.37. The molecule has 0 radical (unpaired) electrons. The summed E-state index contributed by atoms with van der Waals surface area (Å²) in [7, 11) is 0. The van der Waals surface area contributed by atoms with E-state index in [1.54, 1.807) is 12.1 Å². The number of nitrogens with one attached hydrogen (secondary N) is 1. The molecular formula is C14H19ClN2O2. The molecule has 0 saturated carbocycles. The molecule has 2 N–H and O–H groups in total. The van der Waals surface area contributed by atoms with Crippen LogP contribution in [0.25, 0.3) is 0 Å². The molecule has 1 amide bonds. The van der Waals surface area contributed by atoms with Gasteiger partial charge in [-0.15, -0.1) is 0 Å². The molecule has 1 fully saturated rings. The standard InChI is InChI=1S/C14H19ClN2O2/c1-10-8-17(7-6-13(10)18)9-14(19)16-12-5-3-2-4-11(12)15/h2-5,10,13,18H,6-9H2,1H3,(H,16,19). The number of amides is 1.